The van der Waals surface area contributed by atoms with Crippen LogP contribution in [0.15, 0.2) is 0 Å². The van der Waals surface area contributed by atoms with Gasteiger partial charge in [0.05, 0.1) is 0 Å². The summed E-state index contributed by atoms with van der Waals surface area (Å²) in [5.41, 5.74) is 0. The molecule has 1 N–H and O–H groups in total. The highest BCUT2D eigenvalue weighted by Gasteiger charge is 2.11. The van der Waals surface area contributed by atoms with E-state index in [0.29, 0.717) is 19.8 Å². The minimum atomic E-state index is -1.73. The van der Waals surface area contributed by atoms with E-state index in [1.54, 1.807) is 0 Å². The number of hydrogen-bond acceptors (Lipinski definition) is 4. The Morgan fingerprint density at radius 3 is 1.23 bits per heavy atom. The third kappa shape index (κ3) is 14.9. The molecule has 0 aromatic carbocycles. The molecule has 0 aliphatic heterocycles. The van der Waals surface area contributed by atoms with Crippen molar-refractivity contribution >= 4 is 9.53 Å². The highest BCUT2D eigenvalue weighted by Crippen LogP contribution is 1.90. The summed E-state index contributed by atoms with van der Waals surface area (Å²) in [6.45, 7) is 7.86. The summed E-state index contributed by atoms with van der Waals surface area (Å²) in [5.74, 6) is 0. The molecule has 0 unspecified atom stereocenters. The summed E-state index contributed by atoms with van der Waals surface area (Å²) in [7, 11) is 2.02. The minimum Gasteiger partial charge on any atom is -0.376 e. The third-order valence-electron chi connectivity index (χ3n) is 0.908. The predicted molar refractivity (Wildman–Crippen MR) is 57.0 cm³/mol. The van der Waals surface area contributed by atoms with Gasteiger partial charge in [-0.3, -0.25) is 0 Å². The molecule has 0 saturated carbocycles. The summed E-state index contributed by atoms with van der Waals surface area (Å²) in [5, 5.41) is 2.75. The average Bonchev–Trinajstić information content (AvgIpc) is 2.07. The maximum absolute atomic E-state index is 5.22. The zero-order valence-corrected chi connectivity index (χ0v) is 10.6. The molecular weight excluding hydrogens is 186 g/mol. The molecule has 0 spiro atoms. The first-order valence-corrected chi connectivity index (χ1v) is 6.11. The standard InChI is InChI=1S/C6H16O3Si.C2H7N/c1-4-7-10(8-5-2)9-6-3;1-3-2/h10H,4-6H2,1-3H3;3H,1-2H3. The first-order chi connectivity index (χ1) is 6.26. The van der Waals surface area contributed by atoms with Crippen LogP contribution in [0.2, 0.25) is 0 Å². The van der Waals surface area contributed by atoms with Crippen LogP contribution in [0.1, 0.15) is 20.8 Å². The Bertz CT molecular complexity index is 71.5. The lowest BCUT2D eigenvalue weighted by Crippen LogP contribution is -2.27. The van der Waals surface area contributed by atoms with Gasteiger partial charge in [-0.15, -0.1) is 0 Å². The fourth-order valence-corrected chi connectivity index (χ4v) is 1.66. The van der Waals surface area contributed by atoms with E-state index in [-0.39, 0.29) is 0 Å². The molecule has 0 fully saturated rings. The highest BCUT2D eigenvalue weighted by molar-refractivity contribution is 6.36. The fourth-order valence-electron chi connectivity index (χ4n) is 0.553. The molecule has 82 valence electrons. The molecular formula is C8H23NO3Si. The second-order valence-corrected chi connectivity index (χ2v) is 3.73. The van der Waals surface area contributed by atoms with E-state index in [1.807, 2.05) is 34.9 Å². The molecule has 0 saturated heterocycles. The van der Waals surface area contributed by atoms with Crippen molar-refractivity contribution in [2.24, 2.45) is 0 Å². The summed E-state index contributed by atoms with van der Waals surface area (Å²) in [6.07, 6.45) is 0. The van der Waals surface area contributed by atoms with Gasteiger partial charge < -0.3 is 18.6 Å². The van der Waals surface area contributed by atoms with E-state index < -0.39 is 9.53 Å². The Morgan fingerprint density at radius 2 is 1.08 bits per heavy atom. The molecule has 0 radical (unpaired) electrons. The van der Waals surface area contributed by atoms with Crippen molar-refractivity contribution in [2.75, 3.05) is 33.9 Å². The highest BCUT2D eigenvalue weighted by atomic mass is 28.3. The first-order valence-electron chi connectivity index (χ1n) is 4.69. The molecule has 0 aromatic rings. The Kier molecular flexibility index (Phi) is 17.4. The summed E-state index contributed by atoms with van der Waals surface area (Å²) >= 11 is 0. The van der Waals surface area contributed by atoms with Crippen LogP contribution >= 0.6 is 0 Å². The van der Waals surface area contributed by atoms with Crippen molar-refractivity contribution in [3.8, 4) is 0 Å². The lowest BCUT2D eigenvalue weighted by molar-refractivity contribution is 0.107. The van der Waals surface area contributed by atoms with Crippen molar-refractivity contribution < 1.29 is 13.3 Å². The maximum atomic E-state index is 5.22. The topological polar surface area (TPSA) is 39.7 Å². The van der Waals surface area contributed by atoms with E-state index in [9.17, 15) is 0 Å². The number of hydrogen-bond donors (Lipinski definition) is 1. The van der Waals surface area contributed by atoms with E-state index in [0.717, 1.165) is 0 Å². The van der Waals surface area contributed by atoms with Crippen LogP contribution in [0.5, 0.6) is 0 Å². The lowest BCUT2D eigenvalue weighted by Gasteiger charge is -2.12. The van der Waals surface area contributed by atoms with Gasteiger partial charge in [0.15, 0.2) is 0 Å². The van der Waals surface area contributed by atoms with Crippen LogP contribution in [0.3, 0.4) is 0 Å². The molecule has 0 rings (SSSR count). The quantitative estimate of drug-likeness (QED) is 0.652. The van der Waals surface area contributed by atoms with Gasteiger partial charge >= 0.3 is 9.53 Å². The zero-order chi connectivity index (χ0) is 10.5. The van der Waals surface area contributed by atoms with Crippen LogP contribution < -0.4 is 5.32 Å². The van der Waals surface area contributed by atoms with Crippen molar-refractivity contribution in [3.63, 3.8) is 0 Å². The average molecular weight is 209 g/mol. The second kappa shape index (κ2) is 14.6. The number of rotatable bonds is 6. The van der Waals surface area contributed by atoms with Crippen molar-refractivity contribution in [1.29, 1.82) is 0 Å². The monoisotopic (exact) mass is 209 g/mol. The molecule has 0 aliphatic rings. The normalized spacial score (nSPS) is 9.69. The molecule has 0 aliphatic carbocycles. The van der Waals surface area contributed by atoms with Gasteiger partial charge in [0, 0.05) is 19.8 Å². The Labute approximate surface area is 83.5 Å². The summed E-state index contributed by atoms with van der Waals surface area (Å²) < 4.78 is 15.7. The Balaban J connectivity index is 0. The van der Waals surface area contributed by atoms with Crippen molar-refractivity contribution in [3.05, 3.63) is 0 Å². The van der Waals surface area contributed by atoms with Crippen LogP contribution in [-0.2, 0) is 13.3 Å². The van der Waals surface area contributed by atoms with Gasteiger partial charge in [0.1, 0.15) is 0 Å². The third-order valence-corrected chi connectivity index (χ3v) is 2.72. The molecule has 5 heteroatoms. The van der Waals surface area contributed by atoms with Crippen LogP contribution in [0.25, 0.3) is 0 Å². The fraction of sp³-hybridized carbons (Fsp3) is 1.00. The smallest absolute Gasteiger partial charge is 0.376 e. The van der Waals surface area contributed by atoms with Gasteiger partial charge in [0.2, 0.25) is 0 Å². The van der Waals surface area contributed by atoms with Gasteiger partial charge in [-0.2, -0.15) is 0 Å². The predicted octanol–water partition coefficient (Wildman–Crippen LogP) is 0.649. The Hall–Kier alpha value is 0.0569. The maximum Gasteiger partial charge on any atom is 0.484 e. The lowest BCUT2D eigenvalue weighted by atomic mass is 10.9. The van der Waals surface area contributed by atoms with Gasteiger partial charge in [-0.05, 0) is 34.9 Å². The van der Waals surface area contributed by atoms with Gasteiger partial charge in [-0.25, -0.2) is 0 Å². The van der Waals surface area contributed by atoms with E-state index in [4.69, 9.17) is 13.3 Å². The van der Waals surface area contributed by atoms with E-state index in [1.165, 1.54) is 0 Å². The Morgan fingerprint density at radius 1 is 0.846 bits per heavy atom. The second-order valence-electron chi connectivity index (χ2n) is 2.15. The zero-order valence-electron chi connectivity index (χ0n) is 9.42. The first kappa shape index (κ1) is 15.5. The van der Waals surface area contributed by atoms with Crippen molar-refractivity contribution in [1.82, 2.24) is 5.32 Å². The SMILES string of the molecule is CCO[SiH](OCC)OCC.CNC. The van der Waals surface area contributed by atoms with Crippen molar-refractivity contribution in [2.45, 2.75) is 20.8 Å². The summed E-state index contributed by atoms with van der Waals surface area (Å²) in [6, 6.07) is 0. The largest absolute Gasteiger partial charge is 0.484 e. The van der Waals surface area contributed by atoms with Crippen LogP contribution in [0.4, 0.5) is 0 Å². The minimum absolute atomic E-state index is 0.677. The van der Waals surface area contributed by atoms with E-state index >= 15 is 0 Å². The van der Waals surface area contributed by atoms with Gasteiger partial charge in [0.25, 0.3) is 0 Å². The molecule has 0 atom stereocenters. The molecule has 0 bridgehead atoms. The van der Waals surface area contributed by atoms with Gasteiger partial charge in [-0.1, -0.05) is 0 Å². The number of nitrogens with one attached hydrogen (secondary N) is 1. The van der Waals surface area contributed by atoms with E-state index in [2.05, 4.69) is 5.32 Å². The molecule has 13 heavy (non-hydrogen) atoms. The van der Waals surface area contributed by atoms with Crippen LogP contribution in [0, 0.1) is 0 Å². The van der Waals surface area contributed by atoms with Crippen LogP contribution in [-0.4, -0.2) is 43.4 Å². The molecule has 4 nitrogen and oxygen atoms in total. The molecule has 0 aromatic heterocycles. The summed E-state index contributed by atoms with van der Waals surface area (Å²) in [4.78, 5) is 0. The molecule has 0 heterocycles. The molecule has 0 amide bonds.